The van der Waals surface area contributed by atoms with E-state index in [2.05, 4.69) is 92.8 Å². The van der Waals surface area contributed by atoms with Crippen LogP contribution in [0.4, 0.5) is 0 Å². The van der Waals surface area contributed by atoms with Crippen molar-refractivity contribution in [3.05, 3.63) is 182 Å². The molecular weight excluding hydrogens is 1600 g/mol. The second-order valence-electron chi connectivity index (χ2n) is 43.4. The van der Waals surface area contributed by atoms with Gasteiger partial charge < -0.3 is 56.8 Å². The first-order valence-electron chi connectivity index (χ1n) is 47.3. The fraction of sp³-hybridized carbons (Fsp3) is 0.629. The lowest BCUT2D eigenvalue weighted by Crippen LogP contribution is -2.62. The number of allylic oxidation sites excluding steroid dienone is 6. The summed E-state index contributed by atoms with van der Waals surface area (Å²) in [4.78, 5) is 122. The number of rotatable bonds is 3. The van der Waals surface area contributed by atoms with E-state index in [4.69, 9.17) is 56.8 Å². The maximum absolute atomic E-state index is 14.9. The highest BCUT2D eigenvalue weighted by Gasteiger charge is 2.93. The van der Waals surface area contributed by atoms with E-state index in [1.807, 2.05) is 44.2 Å². The van der Waals surface area contributed by atoms with Crippen molar-refractivity contribution in [3.8, 4) is 0 Å². The van der Waals surface area contributed by atoms with E-state index < -0.39 is 104 Å². The van der Waals surface area contributed by atoms with Crippen LogP contribution in [0.15, 0.2) is 176 Å². The van der Waals surface area contributed by atoms with Gasteiger partial charge in [-0.15, -0.1) is 0 Å². The van der Waals surface area contributed by atoms with Crippen LogP contribution in [0, 0.1) is 123 Å². The lowest BCUT2D eigenvalue weighted by molar-refractivity contribution is -0.240. The summed E-state index contributed by atoms with van der Waals surface area (Å²) in [5, 5.41) is 0. The molecule has 0 N–H and O–H groups in total. The van der Waals surface area contributed by atoms with E-state index in [1.54, 1.807) is 0 Å². The Morgan fingerprint density at radius 2 is 0.595 bits per heavy atom. The normalized spacial score (nSPS) is 50.2. The number of esters is 6. The topological polar surface area (TPSA) is 264 Å². The van der Waals surface area contributed by atoms with Gasteiger partial charge >= 0.3 is 35.8 Å². The fourth-order valence-electron chi connectivity index (χ4n) is 34.5. The minimum absolute atomic E-state index is 0.0275. The molecule has 0 radical (unpaired) electrons. The Morgan fingerprint density at radius 3 is 0.937 bits per heavy atom. The zero-order valence-electron chi connectivity index (χ0n) is 73.3. The highest BCUT2D eigenvalue weighted by molar-refractivity contribution is 5.98. The number of Topliss-reactive ketones (excluding diaryl/α,β-unsaturated/α-hetero) is 3. The first-order chi connectivity index (χ1) is 60.0. The molecule has 24 aliphatic rings. The van der Waals surface area contributed by atoms with E-state index in [0.29, 0.717) is 123 Å². The van der Waals surface area contributed by atoms with Crippen molar-refractivity contribution in [2.75, 3.05) is 0 Å². The van der Waals surface area contributed by atoms with E-state index in [-0.39, 0.29) is 160 Å². The zero-order valence-corrected chi connectivity index (χ0v) is 73.3. The van der Waals surface area contributed by atoms with Crippen molar-refractivity contribution in [3.63, 3.8) is 0 Å². The van der Waals surface area contributed by atoms with Crippen LogP contribution in [0.2, 0.25) is 0 Å². The molecule has 9 aliphatic heterocycles. The van der Waals surface area contributed by atoms with Gasteiger partial charge in [0.25, 0.3) is 0 Å². The predicted molar refractivity (Wildman–Crippen MR) is 454 cm³/mol. The van der Waals surface area contributed by atoms with Crippen LogP contribution in [0.1, 0.15) is 206 Å². The summed E-state index contributed by atoms with van der Waals surface area (Å²) in [7, 11) is 0. The molecule has 9 heterocycles. The lowest BCUT2D eigenvalue weighted by Gasteiger charge is -2.48. The van der Waals surface area contributed by atoms with Crippen LogP contribution in [-0.2, 0) is 100.0 Å². The molecule has 9 saturated heterocycles. The van der Waals surface area contributed by atoms with Crippen molar-refractivity contribution in [1.29, 1.82) is 0 Å². The minimum Gasteiger partial charge on any atom is -0.458 e. The van der Waals surface area contributed by atoms with Crippen molar-refractivity contribution in [2.45, 2.75) is 283 Å². The van der Waals surface area contributed by atoms with Gasteiger partial charge in [-0.1, -0.05) is 157 Å². The molecule has 4 unspecified atom stereocenters. The van der Waals surface area contributed by atoms with Gasteiger partial charge in [0.15, 0.2) is 17.9 Å². The van der Waals surface area contributed by atoms with Gasteiger partial charge in [0.05, 0.1) is 16.2 Å². The smallest absolute Gasteiger partial charge is 0.334 e. The molecule has 0 aromatic heterocycles. The number of ether oxygens (including phenoxy) is 12. The van der Waals surface area contributed by atoms with E-state index >= 15 is 0 Å². The first kappa shape index (κ1) is 82.1. The number of hydrogen-bond acceptors (Lipinski definition) is 21. The van der Waals surface area contributed by atoms with Gasteiger partial charge in [-0.2, -0.15) is 0 Å². The molecule has 24 fully saturated rings. The van der Waals surface area contributed by atoms with Crippen LogP contribution >= 0.6 is 0 Å². The summed E-state index contributed by atoms with van der Waals surface area (Å²) in [5.74, 6) is -6.12. The molecule has 21 heteroatoms. The van der Waals surface area contributed by atoms with Gasteiger partial charge in [-0.3, -0.25) is 14.4 Å². The summed E-state index contributed by atoms with van der Waals surface area (Å²) in [5.41, 5.74) is 2.03. The van der Waals surface area contributed by atoms with Gasteiger partial charge in [-0.25, -0.2) is 28.8 Å². The number of benzene rings is 1. The number of carbonyl (C=O) groups excluding carboxylic acids is 9. The van der Waals surface area contributed by atoms with Crippen molar-refractivity contribution in [2.24, 2.45) is 123 Å². The molecule has 1 aromatic rings. The number of hydrogen-bond donors (Lipinski definition) is 0. The van der Waals surface area contributed by atoms with Crippen LogP contribution in [0.3, 0.4) is 0 Å². The standard InChI is InChI=1S/C37H38O7.C35H42O7.C33H38O7/c1-18-10-12-23-20(3)32(39)41-30(23)28-25(18)16-27(38)35(28)14-15-36-29-26(19(2)11-13-24-21(4)33(40)42-31(24)29)17-37(35,36)44-34(43-36)22-8-6-5-7-9-22;1-7-32(8-2)41-34-14-13-33(25(36)15-23-17(3)9-11-21-19(5)30(37)39-28(21)26(23)33)35(34,42-32)16-24-18(4)10-12-22-20(6)31(38)40-29(22)27(24)34;1-15-7-9-19-17(3)28(35)37-26(19)24-21(15)13-23(34)31(24)11-12-32-25-22(14-33(31,32)40-30(5,6)39-32)16(2)8-10-20-18(4)29(36)38-27(20)25/h5-9,23-26,28-31,34H,1-4,10-17H2;21-24,26-29H,3-16H2,1-2H3;19-22,24-27H,1-4,7-14H2,5-6H3/t23-,24-,25-,26-,28?,29-,30-,31-,34?,35+,36-,37-;21-,22-,23-,24-,26?,27-,28-,29-,33+,34-,35-;19-,20-,21-,22-,24?,25-,26-,27-,31+,32-,33-/m000/s1. The Hall–Kier alpha value is -8.31. The highest BCUT2D eigenvalue weighted by Crippen LogP contribution is 2.85. The van der Waals surface area contributed by atoms with Gasteiger partial charge in [0.1, 0.15) is 87.6 Å². The maximum Gasteiger partial charge on any atom is 0.334 e. The second kappa shape index (κ2) is 26.7. The average molecular weight is 1720 g/mol. The molecule has 34 atom stereocenters. The minimum atomic E-state index is -1.03. The van der Waals surface area contributed by atoms with E-state index in [0.717, 1.165) is 116 Å². The first-order valence-corrected chi connectivity index (χ1v) is 47.3. The summed E-state index contributed by atoms with van der Waals surface area (Å²) >= 11 is 0. The average Bonchev–Trinajstić information content (AvgIpc) is 1.47. The molecule has 25 rings (SSSR count). The van der Waals surface area contributed by atoms with Gasteiger partial charge in [0, 0.05) is 129 Å². The molecule has 15 aliphatic carbocycles. The zero-order chi connectivity index (χ0) is 88.0. The van der Waals surface area contributed by atoms with Crippen molar-refractivity contribution in [1.82, 2.24) is 0 Å². The Kier molecular flexibility index (Phi) is 17.4. The Balaban J connectivity index is 0.000000109. The Bertz CT molecular complexity index is 5360. The number of fused-ring (bicyclic) bond motifs is 21. The molecular formula is C105H118O21. The lowest BCUT2D eigenvalue weighted by atomic mass is 9.59. The third-order valence-electron chi connectivity index (χ3n) is 39.4. The molecule has 126 heavy (non-hydrogen) atoms. The maximum atomic E-state index is 14.9. The summed E-state index contributed by atoms with van der Waals surface area (Å²) in [6, 6.07) is 9.88. The summed E-state index contributed by atoms with van der Waals surface area (Å²) < 4.78 is 80.7. The monoisotopic (exact) mass is 1710 g/mol. The van der Waals surface area contributed by atoms with Crippen LogP contribution in [0.5, 0.6) is 0 Å². The van der Waals surface area contributed by atoms with E-state index in [1.165, 1.54) is 0 Å². The molecule has 664 valence electrons. The fourth-order valence-corrected chi connectivity index (χ4v) is 34.5. The van der Waals surface area contributed by atoms with Crippen LogP contribution in [-0.4, -0.2) is 135 Å². The van der Waals surface area contributed by atoms with Crippen LogP contribution < -0.4 is 0 Å². The number of carbonyl (C=O) groups is 9. The molecule has 15 saturated carbocycles. The molecule has 3 spiro atoms. The SMILES string of the molecule is C=C1CC[C@H]2C(=C)C(=O)O[C@@H]2C2[C@H]1CC(=O)[C@]21CC[C@@]23OC(C)(C)O[C@]21C[C@H]1C(=C)CC[C@H]2C(=C)C(=O)O[C@@H]2[C@H]13.C=C1CC[C@H]2C(=C)C(=O)O[C@@H]2C2[C@H]1CC(=O)[C@]21CC[C@@]23OC(CC)(CC)O[C@]21C[C@H]1C(=C)CC[C@H]2C(=C)C(=O)O[C@@H]2[C@H]13.C=C1CC[C@H]2C(=C)C(=O)O[C@@H]2C2[C@H]1CC(=O)[C@]21CC[C@@]23OC(c4ccccc4)O[C@]21C[C@H]1C(=C)CC[C@H]2C(=C)C(=O)O[C@@H]2[C@H]13. The quantitative estimate of drug-likeness (QED) is 0.118. The molecule has 1 aromatic carbocycles. The third kappa shape index (κ3) is 9.62. The van der Waals surface area contributed by atoms with Crippen molar-refractivity contribution >= 4 is 53.2 Å². The summed E-state index contributed by atoms with van der Waals surface area (Å²) in [6.07, 6.45) is 13.3. The Morgan fingerprint density at radius 1 is 0.310 bits per heavy atom. The van der Waals surface area contributed by atoms with Gasteiger partial charge in [0.2, 0.25) is 0 Å². The predicted octanol–water partition coefficient (Wildman–Crippen LogP) is 16.0. The second-order valence-corrected chi connectivity index (χ2v) is 43.4. The van der Waals surface area contributed by atoms with Crippen LogP contribution in [0.25, 0.3) is 0 Å². The molecule has 21 nitrogen and oxygen atoms in total. The number of ketones is 3. The van der Waals surface area contributed by atoms with Crippen molar-refractivity contribution < 1.29 is 100.0 Å². The third-order valence-corrected chi connectivity index (χ3v) is 39.4. The highest BCUT2D eigenvalue weighted by atomic mass is 16.8. The van der Waals surface area contributed by atoms with Gasteiger partial charge in [-0.05, 0) is 197 Å². The molecule has 0 amide bonds. The largest absolute Gasteiger partial charge is 0.458 e. The molecule has 0 bridgehead atoms. The Labute approximate surface area is 736 Å². The summed E-state index contributed by atoms with van der Waals surface area (Å²) in [6.45, 7) is 59.8. The van der Waals surface area contributed by atoms with E-state index in [9.17, 15) is 43.2 Å².